The molecule has 61 heavy (non-hydrogen) atoms. The predicted molar refractivity (Wildman–Crippen MR) is 222 cm³/mol. The molecule has 12 rings (SSSR count). The molecule has 12 nitrogen and oxygen atoms in total. The summed E-state index contributed by atoms with van der Waals surface area (Å²) in [5.74, 6) is -4.99. The Bertz CT molecular complexity index is 3000. The van der Waals surface area contributed by atoms with Crippen molar-refractivity contribution in [1.82, 2.24) is 18.9 Å². The highest BCUT2D eigenvalue weighted by molar-refractivity contribution is 5.94. The Kier molecular flexibility index (Phi) is 6.97. The van der Waals surface area contributed by atoms with Crippen LogP contribution in [0.3, 0.4) is 0 Å². The van der Waals surface area contributed by atoms with E-state index in [0.29, 0.717) is 12.8 Å². The fraction of sp³-hybridized carbons (Fsp3) is 0.143. The summed E-state index contributed by atoms with van der Waals surface area (Å²) in [4.78, 5) is 53.2. The smallest absolute Gasteiger partial charge is 0.335 e. The molecule has 2 saturated heterocycles. The number of carboxylic acids is 4. The summed E-state index contributed by atoms with van der Waals surface area (Å²) >= 11 is 0. The van der Waals surface area contributed by atoms with Gasteiger partial charge in [0.15, 0.2) is 0 Å². The molecular weight excluding hydrogens is 773 g/mol. The van der Waals surface area contributed by atoms with Crippen molar-refractivity contribution in [3.63, 3.8) is 0 Å². The van der Waals surface area contributed by atoms with Crippen molar-refractivity contribution >= 4 is 46.2 Å². The number of hydrogen-bond donors (Lipinski definition) is 4. The summed E-state index contributed by atoms with van der Waals surface area (Å²) in [5.41, 5.74) is 12.6. The van der Waals surface area contributed by atoms with Crippen molar-refractivity contribution in [1.29, 1.82) is 0 Å². The fourth-order valence-electron chi connectivity index (χ4n) is 11.3. The van der Waals surface area contributed by atoms with Gasteiger partial charge in [-0.25, -0.2) is 19.2 Å². The number of nitrogens with zero attached hydrogens (tertiary/aromatic N) is 4. The molecule has 0 saturated carbocycles. The Balaban J connectivity index is 1.23. The molecule has 4 N–H and O–H groups in total. The molecule has 2 unspecified atom stereocenters. The van der Waals surface area contributed by atoms with Crippen LogP contribution in [0, 0.1) is 0 Å². The van der Waals surface area contributed by atoms with Crippen molar-refractivity contribution in [3.8, 4) is 0 Å². The van der Waals surface area contributed by atoms with Crippen LogP contribution in [-0.4, -0.2) is 75.3 Å². The second kappa shape index (κ2) is 12.1. The van der Waals surface area contributed by atoms with Crippen LogP contribution in [0.15, 0.2) is 133 Å². The van der Waals surface area contributed by atoms with E-state index in [0.717, 1.165) is 90.9 Å². The van der Waals surface area contributed by atoms with Crippen LogP contribution in [0.25, 0.3) is 22.3 Å². The average molecular weight is 807 g/mol. The number of carboxylic acid groups (broad SMARTS) is 4. The fourth-order valence-corrected chi connectivity index (χ4v) is 11.3. The summed E-state index contributed by atoms with van der Waals surface area (Å²) < 4.78 is 4.86. The van der Waals surface area contributed by atoms with Crippen LogP contribution >= 0.6 is 0 Å². The zero-order chi connectivity index (χ0) is 41.6. The van der Waals surface area contributed by atoms with Crippen LogP contribution in [0.1, 0.15) is 101 Å². The monoisotopic (exact) mass is 806 g/mol. The zero-order valence-electron chi connectivity index (χ0n) is 32.2. The first-order chi connectivity index (χ1) is 29.6. The molecule has 0 amide bonds. The minimum Gasteiger partial charge on any atom is -0.478 e. The van der Waals surface area contributed by atoms with Crippen LogP contribution in [0.4, 0.5) is 0 Å². The lowest BCUT2D eigenvalue weighted by atomic mass is 9.88. The molecule has 2 atom stereocenters. The summed E-state index contributed by atoms with van der Waals surface area (Å²) in [7, 11) is 0. The normalized spacial score (nSPS) is 21.2. The number of aromatic carboxylic acids is 4. The number of allylic oxidation sites excluding steroid dienone is 2. The van der Waals surface area contributed by atoms with E-state index in [1.165, 1.54) is 0 Å². The van der Waals surface area contributed by atoms with Gasteiger partial charge in [0, 0.05) is 33.7 Å². The maximum Gasteiger partial charge on any atom is 0.335 e. The largest absolute Gasteiger partial charge is 0.478 e. The van der Waals surface area contributed by atoms with Gasteiger partial charge in [0.25, 0.3) is 5.91 Å². The van der Waals surface area contributed by atoms with E-state index in [4.69, 9.17) is 0 Å². The van der Waals surface area contributed by atoms with Crippen molar-refractivity contribution in [3.05, 3.63) is 199 Å². The van der Waals surface area contributed by atoms with Gasteiger partial charge < -0.3 is 30.2 Å². The number of hydrogen-bond acceptors (Lipinski definition) is 6. The van der Waals surface area contributed by atoms with E-state index in [-0.39, 0.29) is 34.3 Å². The number of carbonyl (C=O) groups is 4. The molecule has 4 aromatic carbocycles. The second-order valence-corrected chi connectivity index (χ2v) is 16.3. The lowest BCUT2D eigenvalue weighted by Crippen LogP contribution is -2.77. The zero-order valence-corrected chi connectivity index (χ0v) is 32.2. The van der Waals surface area contributed by atoms with Crippen LogP contribution in [0.2, 0.25) is 0 Å². The van der Waals surface area contributed by atoms with Crippen molar-refractivity contribution in [2.75, 3.05) is 0 Å². The molecular formula is C49H34N4O8. The lowest BCUT2D eigenvalue weighted by Gasteiger charge is -2.63. The van der Waals surface area contributed by atoms with Crippen LogP contribution in [-0.2, 0) is 5.91 Å². The number of aromatic nitrogens is 2. The van der Waals surface area contributed by atoms with Gasteiger partial charge in [-0.05, 0) is 121 Å². The van der Waals surface area contributed by atoms with Crippen LogP contribution in [0.5, 0.6) is 0 Å². The summed E-state index contributed by atoms with van der Waals surface area (Å²) in [6.45, 7) is 0. The SMILES string of the molecule is O=C(O)c1ccc(C2=C3CCC4C(c5ccc(C(=O)O)cc5)=c5ccc6n5C5(N34)N3C(=C(c4ccc(C(=O)O)cc4)c4ccc2n45)CCC3C=6c2ccc(C(=O)O)cc2)cc1. The molecule has 0 radical (unpaired) electrons. The Morgan fingerprint density at radius 1 is 0.426 bits per heavy atom. The first-order valence-corrected chi connectivity index (χ1v) is 20.2. The average Bonchev–Trinajstić information content (AvgIpc) is 4.10. The van der Waals surface area contributed by atoms with E-state index < -0.39 is 29.8 Å². The van der Waals surface area contributed by atoms with E-state index >= 15 is 0 Å². The van der Waals surface area contributed by atoms with Gasteiger partial charge in [-0.1, -0.05) is 48.5 Å². The van der Waals surface area contributed by atoms with Crippen molar-refractivity contribution < 1.29 is 39.6 Å². The molecule has 298 valence electrons. The van der Waals surface area contributed by atoms with Crippen LogP contribution < -0.4 is 10.7 Å². The quantitative estimate of drug-likeness (QED) is 0.141. The maximum atomic E-state index is 12.0. The third-order valence-electron chi connectivity index (χ3n) is 13.6. The van der Waals surface area contributed by atoms with E-state index in [1.54, 1.807) is 48.5 Å². The Hall–Kier alpha value is -7.86. The Labute approximate surface area is 346 Å². The van der Waals surface area contributed by atoms with Crippen molar-refractivity contribution in [2.45, 2.75) is 43.7 Å². The van der Waals surface area contributed by atoms with Gasteiger partial charge in [-0.2, -0.15) is 0 Å². The minimum atomic E-state index is -1.01. The van der Waals surface area contributed by atoms with Gasteiger partial charge in [0.2, 0.25) is 0 Å². The molecule has 12 heteroatoms. The standard InChI is InChI=1S/C49H34N4O8/c54-45(55)29-9-1-25(2-10-29)41-33-17-19-35-42(26-3-11-30(12-4-26)46(56)57)37-21-23-39-44(28-7-15-32(16-8-28)48(60)61)40-24-22-38-43(27-5-13-31(14-6-27)47(58)59)36-20-18-34(41)51(36)49(50(33)35,52(37)39)53(38)40/h1-17,19,22,24,34,37H,18,20-21,23H2,(H,54,55)(H,56,57)(H,58,59)(H,60,61). The van der Waals surface area contributed by atoms with Gasteiger partial charge in [-0.3, -0.25) is 9.13 Å². The summed E-state index contributed by atoms with van der Waals surface area (Å²) in [6, 6.07) is 36.6. The van der Waals surface area contributed by atoms with Gasteiger partial charge in [-0.15, -0.1) is 0 Å². The maximum absolute atomic E-state index is 12.0. The second-order valence-electron chi connectivity index (χ2n) is 16.3. The molecule has 2 aromatic heterocycles. The highest BCUT2D eigenvalue weighted by Crippen LogP contribution is 2.61. The number of benzene rings is 4. The third kappa shape index (κ3) is 4.42. The molecule has 6 aliphatic rings. The first-order valence-electron chi connectivity index (χ1n) is 20.2. The molecule has 2 fully saturated rings. The molecule has 0 aliphatic carbocycles. The molecule has 8 heterocycles. The van der Waals surface area contributed by atoms with Crippen molar-refractivity contribution in [2.24, 2.45) is 0 Å². The summed E-state index contributed by atoms with van der Waals surface area (Å²) in [6.07, 6.45) is 2.96. The van der Waals surface area contributed by atoms with E-state index in [1.807, 2.05) is 48.5 Å². The highest BCUT2D eigenvalue weighted by atomic mass is 16.4. The molecule has 6 aromatic rings. The Morgan fingerprint density at radius 3 is 1.08 bits per heavy atom. The van der Waals surface area contributed by atoms with E-state index in [2.05, 4.69) is 43.2 Å². The topological polar surface area (TPSA) is 166 Å². The van der Waals surface area contributed by atoms with Gasteiger partial charge in [0.1, 0.15) is 0 Å². The molecule has 6 aliphatic heterocycles. The van der Waals surface area contributed by atoms with Gasteiger partial charge in [0.05, 0.1) is 56.4 Å². The lowest BCUT2D eigenvalue weighted by molar-refractivity contribution is -0.138. The third-order valence-corrected chi connectivity index (χ3v) is 13.6. The summed E-state index contributed by atoms with van der Waals surface area (Å²) in [5, 5.41) is 41.4. The minimum absolute atomic E-state index is 0.159. The molecule has 1 spiro atoms. The highest BCUT2D eigenvalue weighted by Gasteiger charge is 2.66. The van der Waals surface area contributed by atoms with E-state index in [9.17, 15) is 39.6 Å². The predicted octanol–water partition coefficient (Wildman–Crippen LogP) is 6.10. The molecule has 0 bridgehead atoms. The Morgan fingerprint density at radius 2 is 0.754 bits per heavy atom. The first kappa shape index (κ1) is 35.1. The number of rotatable bonds is 8. The van der Waals surface area contributed by atoms with Gasteiger partial charge >= 0.3 is 23.9 Å².